The highest BCUT2D eigenvalue weighted by Crippen LogP contribution is 2.15. The molecule has 0 atom stereocenters. The van der Waals surface area contributed by atoms with E-state index in [1.807, 2.05) is 0 Å². The Morgan fingerprint density at radius 3 is 2.55 bits per heavy atom. The molecule has 1 N–H and O–H groups in total. The molecule has 0 heterocycles. The Balaban J connectivity index is 3.12. The maximum atomic E-state index is 10.4. The van der Waals surface area contributed by atoms with E-state index >= 15 is 0 Å². The van der Waals surface area contributed by atoms with Crippen LogP contribution in [-0.2, 0) is 0 Å². The minimum atomic E-state index is -1.05. The number of benzene rings is 1. The molecule has 0 amide bonds. The van der Waals surface area contributed by atoms with E-state index in [1.54, 1.807) is 12.1 Å². The summed E-state index contributed by atoms with van der Waals surface area (Å²) < 4.78 is 4.33. The second kappa shape index (κ2) is 3.10. The van der Waals surface area contributed by atoms with E-state index in [9.17, 15) is 4.79 Å². The maximum absolute atomic E-state index is 10.4. The molecule has 0 aliphatic heterocycles. The largest absolute Gasteiger partial charge is 0.567 e. The molecule has 0 fully saturated rings. The van der Waals surface area contributed by atoms with Gasteiger partial charge in [0.1, 0.15) is 5.75 Å². The summed E-state index contributed by atoms with van der Waals surface area (Å²) in [5, 5.41) is 8.56. The molecule has 0 saturated carbocycles. The Hall–Kier alpha value is -1.45. The van der Waals surface area contributed by atoms with Crippen LogP contribution in [0.5, 0.6) is 5.75 Å². The molecular formula is C7H5BO3. The van der Waals surface area contributed by atoms with Crippen molar-refractivity contribution in [2.45, 2.75) is 0 Å². The van der Waals surface area contributed by atoms with Gasteiger partial charge < -0.3 is 9.76 Å². The molecular weight excluding hydrogens is 143 g/mol. The number of aromatic carboxylic acids is 1. The number of para-hydroxylation sites is 1. The van der Waals surface area contributed by atoms with E-state index in [0.29, 0.717) is 0 Å². The number of carboxylic acids is 1. The smallest absolute Gasteiger partial charge is 0.374 e. The standard InChI is InChI=1S/C7H5BO3/c8-11-6-4-2-1-3-5(6)7(9)10/h1-4H,(H,9,10). The topological polar surface area (TPSA) is 46.5 Å². The number of carbonyl (C=O) groups is 1. The predicted molar refractivity (Wildman–Crippen MR) is 39.8 cm³/mol. The minimum absolute atomic E-state index is 0.0648. The van der Waals surface area contributed by atoms with Crippen LogP contribution in [0.3, 0.4) is 0 Å². The fraction of sp³-hybridized carbons (Fsp3) is 0. The molecule has 3 nitrogen and oxygen atoms in total. The molecule has 0 aromatic heterocycles. The molecule has 54 valence electrons. The maximum Gasteiger partial charge on any atom is 0.374 e. The third-order valence-corrected chi connectivity index (χ3v) is 1.24. The fourth-order valence-corrected chi connectivity index (χ4v) is 0.746. The van der Waals surface area contributed by atoms with Gasteiger partial charge in [0.15, 0.2) is 0 Å². The number of hydrogen-bond donors (Lipinski definition) is 1. The summed E-state index contributed by atoms with van der Waals surface area (Å²) >= 11 is 0. The quantitative estimate of drug-likeness (QED) is 0.632. The van der Waals surface area contributed by atoms with Crippen LogP contribution in [0.25, 0.3) is 0 Å². The van der Waals surface area contributed by atoms with Crippen LogP contribution in [-0.4, -0.2) is 19.1 Å². The van der Waals surface area contributed by atoms with Crippen molar-refractivity contribution in [1.29, 1.82) is 0 Å². The third kappa shape index (κ3) is 1.52. The molecule has 0 spiro atoms. The molecule has 1 aromatic carbocycles. The molecule has 0 aliphatic carbocycles. The van der Waals surface area contributed by atoms with Crippen LogP contribution < -0.4 is 4.65 Å². The van der Waals surface area contributed by atoms with Crippen molar-refractivity contribution in [2.24, 2.45) is 0 Å². The van der Waals surface area contributed by atoms with Gasteiger partial charge in [0, 0.05) is 0 Å². The highest BCUT2D eigenvalue weighted by molar-refractivity contribution is 6.01. The lowest BCUT2D eigenvalue weighted by Crippen LogP contribution is -1.99. The highest BCUT2D eigenvalue weighted by Gasteiger charge is 2.07. The van der Waals surface area contributed by atoms with Crippen molar-refractivity contribution < 1.29 is 14.6 Å². The second-order valence-electron chi connectivity index (χ2n) is 1.92. The lowest BCUT2D eigenvalue weighted by Gasteiger charge is -2.02. The first-order valence-electron chi connectivity index (χ1n) is 2.94. The number of carboxylic acid groups (broad SMARTS) is 1. The van der Waals surface area contributed by atoms with Crippen LogP contribution in [0.4, 0.5) is 0 Å². The van der Waals surface area contributed by atoms with Gasteiger partial charge in [-0.15, -0.1) is 0 Å². The van der Waals surface area contributed by atoms with E-state index in [0.717, 1.165) is 0 Å². The zero-order valence-electron chi connectivity index (χ0n) is 5.65. The van der Waals surface area contributed by atoms with Crippen molar-refractivity contribution >= 4 is 14.0 Å². The summed E-state index contributed by atoms with van der Waals surface area (Å²) in [6.45, 7) is 0. The SMILES string of the molecule is [B]Oc1ccccc1C(=O)O. The Morgan fingerprint density at radius 2 is 2.09 bits per heavy atom. The van der Waals surface area contributed by atoms with E-state index in [1.165, 1.54) is 12.1 Å². The van der Waals surface area contributed by atoms with Crippen LogP contribution in [0.2, 0.25) is 0 Å². The zero-order valence-corrected chi connectivity index (χ0v) is 5.65. The van der Waals surface area contributed by atoms with Crippen LogP contribution in [0.15, 0.2) is 24.3 Å². The van der Waals surface area contributed by atoms with Gasteiger partial charge in [0.25, 0.3) is 0 Å². The average Bonchev–Trinajstić information content (AvgIpc) is 2.04. The van der Waals surface area contributed by atoms with Crippen LogP contribution >= 0.6 is 0 Å². The van der Waals surface area contributed by atoms with Gasteiger partial charge in [-0.05, 0) is 12.1 Å². The Labute approximate surface area is 65.1 Å². The fourth-order valence-electron chi connectivity index (χ4n) is 0.746. The highest BCUT2D eigenvalue weighted by atomic mass is 16.4. The first kappa shape index (κ1) is 7.66. The van der Waals surface area contributed by atoms with E-state index in [-0.39, 0.29) is 11.3 Å². The third-order valence-electron chi connectivity index (χ3n) is 1.24. The summed E-state index contributed by atoms with van der Waals surface area (Å²) in [7, 11) is 4.83. The van der Waals surface area contributed by atoms with Gasteiger partial charge in [0.2, 0.25) is 0 Å². The zero-order chi connectivity index (χ0) is 8.27. The molecule has 1 rings (SSSR count). The van der Waals surface area contributed by atoms with Gasteiger partial charge in [-0.1, -0.05) is 12.1 Å². The van der Waals surface area contributed by atoms with Crippen LogP contribution in [0, 0.1) is 0 Å². The van der Waals surface area contributed by atoms with Gasteiger partial charge in [-0.2, -0.15) is 0 Å². The van der Waals surface area contributed by atoms with Gasteiger partial charge in [0.05, 0.1) is 5.56 Å². The molecule has 2 radical (unpaired) electrons. The Morgan fingerprint density at radius 1 is 1.45 bits per heavy atom. The minimum Gasteiger partial charge on any atom is -0.567 e. The molecule has 4 heteroatoms. The molecule has 0 aliphatic rings. The van der Waals surface area contributed by atoms with Gasteiger partial charge in [-0.25, -0.2) is 4.79 Å². The molecule has 0 unspecified atom stereocenters. The van der Waals surface area contributed by atoms with Gasteiger partial charge in [-0.3, -0.25) is 0 Å². The molecule has 0 bridgehead atoms. The number of hydrogen-bond acceptors (Lipinski definition) is 2. The van der Waals surface area contributed by atoms with Crippen molar-refractivity contribution in [3.05, 3.63) is 29.8 Å². The monoisotopic (exact) mass is 148 g/mol. The van der Waals surface area contributed by atoms with Crippen molar-refractivity contribution in [1.82, 2.24) is 0 Å². The molecule has 1 aromatic rings. The van der Waals surface area contributed by atoms with Crippen molar-refractivity contribution in [2.75, 3.05) is 0 Å². The summed E-state index contributed by atoms with van der Waals surface area (Å²) in [6.07, 6.45) is 0. The van der Waals surface area contributed by atoms with Crippen molar-refractivity contribution in [3.8, 4) is 5.75 Å². The first-order valence-corrected chi connectivity index (χ1v) is 2.94. The second-order valence-corrected chi connectivity index (χ2v) is 1.92. The lowest BCUT2D eigenvalue weighted by molar-refractivity contribution is 0.0695. The molecule has 11 heavy (non-hydrogen) atoms. The summed E-state index contributed by atoms with van der Waals surface area (Å²) in [5.41, 5.74) is 0.0648. The Bertz CT molecular complexity index is 272. The summed E-state index contributed by atoms with van der Waals surface area (Å²) in [5.74, 6) is -0.883. The number of rotatable bonds is 2. The van der Waals surface area contributed by atoms with Crippen LogP contribution in [0.1, 0.15) is 10.4 Å². The molecule has 0 saturated heterocycles. The Kier molecular flexibility index (Phi) is 2.16. The summed E-state index contributed by atoms with van der Waals surface area (Å²) in [4.78, 5) is 10.4. The van der Waals surface area contributed by atoms with Crippen molar-refractivity contribution in [3.63, 3.8) is 0 Å². The summed E-state index contributed by atoms with van der Waals surface area (Å²) in [6, 6.07) is 6.16. The predicted octanol–water partition coefficient (Wildman–Crippen LogP) is 0.847. The van der Waals surface area contributed by atoms with E-state index in [2.05, 4.69) is 4.65 Å². The van der Waals surface area contributed by atoms with E-state index < -0.39 is 5.97 Å². The lowest BCUT2D eigenvalue weighted by atomic mass is 10.2. The first-order chi connectivity index (χ1) is 5.25. The van der Waals surface area contributed by atoms with Gasteiger partial charge >= 0.3 is 14.0 Å². The van der Waals surface area contributed by atoms with E-state index in [4.69, 9.17) is 13.2 Å². The average molecular weight is 148 g/mol. The normalized spacial score (nSPS) is 9.09.